The van der Waals surface area contributed by atoms with Crippen LogP contribution in [0.4, 0.5) is 5.82 Å². The third kappa shape index (κ3) is 3.48. The molecular formula is C17H23ClN4O2S. The molecule has 2 aliphatic rings. The van der Waals surface area contributed by atoms with Gasteiger partial charge in [0.25, 0.3) is 0 Å². The Balaban J connectivity index is 1.68. The van der Waals surface area contributed by atoms with Gasteiger partial charge in [0.05, 0.1) is 42.7 Å². The molecule has 0 radical (unpaired) electrons. The number of fused-ring (bicyclic) bond motifs is 1. The number of anilines is 1. The van der Waals surface area contributed by atoms with Gasteiger partial charge in [-0.1, -0.05) is 0 Å². The molecule has 2 aromatic heterocycles. The minimum atomic E-state index is 0.285. The Labute approximate surface area is 156 Å². The van der Waals surface area contributed by atoms with E-state index < -0.39 is 0 Å². The van der Waals surface area contributed by atoms with Gasteiger partial charge in [0.1, 0.15) is 0 Å². The van der Waals surface area contributed by atoms with Crippen molar-refractivity contribution in [1.29, 1.82) is 0 Å². The monoisotopic (exact) mass is 382 g/mol. The zero-order valence-corrected chi connectivity index (χ0v) is 16.1. The van der Waals surface area contributed by atoms with Crippen LogP contribution in [0.15, 0.2) is 5.38 Å². The van der Waals surface area contributed by atoms with Gasteiger partial charge < -0.3 is 14.4 Å². The van der Waals surface area contributed by atoms with E-state index in [1.54, 1.807) is 11.3 Å². The van der Waals surface area contributed by atoms with Crippen molar-refractivity contribution in [3.05, 3.63) is 16.2 Å². The summed E-state index contributed by atoms with van der Waals surface area (Å²) in [5, 5.41) is 2.52. The highest BCUT2D eigenvalue weighted by atomic mass is 35.5. The number of aromatic nitrogens is 2. The van der Waals surface area contributed by atoms with Crippen molar-refractivity contribution in [1.82, 2.24) is 14.9 Å². The molecule has 0 aliphatic carbocycles. The molecule has 2 aliphatic heterocycles. The molecule has 0 unspecified atom stereocenters. The molecule has 2 aromatic rings. The van der Waals surface area contributed by atoms with Gasteiger partial charge >= 0.3 is 0 Å². The Hall–Kier alpha value is -0.990. The lowest BCUT2D eigenvalue weighted by Crippen LogP contribution is -2.44. The fraction of sp³-hybridized carbons (Fsp3) is 0.647. The number of hydrogen-bond acceptors (Lipinski definition) is 7. The molecule has 0 aromatic carbocycles. The van der Waals surface area contributed by atoms with Crippen LogP contribution < -0.4 is 4.90 Å². The summed E-state index contributed by atoms with van der Waals surface area (Å²) in [5.74, 6) is 0.942. The number of morpholine rings is 2. The van der Waals surface area contributed by atoms with Gasteiger partial charge in [-0.15, -0.1) is 11.3 Å². The van der Waals surface area contributed by atoms with Crippen molar-refractivity contribution in [2.75, 3.05) is 44.4 Å². The van der Waals surface area contributed by atoms with E-state index in [9.17, 15) is 0 Å². The van der Waals surface area contributed by atoms with Gasteiger partial charge in [-0.05, 0) is 30.8 Å². The van der Waals surface area contributed by atoms with Crippen molar-refractivity contribution in [2.24, 2.45) is 0 Å². The van der Waals surface area contributed by atoms with Crippen LogP contribution in [0, 0.1) is 0 Å². The van der Waals surface area contributed by atoms with Gasteiger partial charge in [-0.25, -0.2) is 4.98 Å². The summed E-state index contributed by atoms with van der Waals surface area (Å²) < 4.78 is 12.2. The average molecular weight is 383 g/mol. The van der Waals surface area contributed by atoms with Crippen LogP contribution >= 0.6 is 22.9 Å². The van der Waals surface area contributed by atoms with Gasteiger partial charge in [0.15, 0.2) is 5.82 Å². The molecule has 25 heavy (non-hydrogen) atoms. The Morgan fingerprint density at radius 2 is 1.92 bits per heavy atom. The molecule has 0 N–H and O–H groups in total. The fourth-order valence-electron chi connectivity index (χ4n) is 3.49. The van der Waals surface area contributed by atoms with Gasteiger partial charge in [-0.3, -0.25) is 4.90 Å². The molecule has 6 nitrogen and oxygen atoms in total. The number of thiophene rings is 1. The molecule has 2 fully saturated rings. The molecule has 4 heterocycles. The SMILES string of the molecule is C[C@@H]1COCCN1c1nc(Cl)nc2c(CN3CCOC[C@@H]3C)csc12. The summed E-state index contributed by atoms with van der Waals surface area (Å²) in [4.78, 5) is 13.8. The molecule has 4 rings (SSSR count). The van der Waals surface area contributed by atoms with Crippen molar-refractivity contribution < 1.29 is 9.47 Å². The number of ether oxygens (including phenoxy) is 2. The second-order valence-electron chi connectivity index (χ2n) is 6.77. The third-order valence-electron chi connectivity index (χ3n) is 4.96. The van der Waals surface area contributed by atoms with Crippen molar-refractivity contribution in [3.63, 3.8) is 0 Å². The summed E-state index contributed by atoms with van der Waals surface area (Å²) >= 11 is 7.99. The first-order valence-corrected chi connectivity index (χ1v) is 9.99. The molecular weight excluding hydrogens is 360 g/mol. The summed E-state index contributed by atoms with van der Waals surface area (Å²) in [6, 6.07) is 0.701. The van der Waals surface area contributed by atoms with Crippen molar-refractivity contribution in [3.8, 4) is 0 Å². The maximum atomic E-state index is 6.28. The Bertz CT molecular complexity index is 756. The minimum absolute atomic E-state index is 0.285. The van der Waals surface area contributed by atoms with Crippen LogP contribution in [-0.2, 0) is 16.0 Å². The summed E-state index contributed by atoms with van der Waals surface area (Å²) in [5.41, 5.74) is 2.21. The topological polar surface area (TPSA) is 50.7 Å². The summed E-state index contributed by atoms with van der Waals surface area (Å²) in [6.45, 7) is 10.0. The zero-order chi connectivity index (χ0) is 17.4. The number of hydrogen-bond donors (Lipinski definition) is 0. The molecule has 2 saturated heterocycles. The van der Waals surface area contributed by atoms with E-state index in [0.29, 0.717) is 17.9 Å². The van der Waals surface area contributed by atoms with E-state index in [0.717, 1.165) is 55.5 Å². The predicted octanol–water partition coefficient (Wildman–Crippen LogP) is 2.79. The standard InChI is InChI=1S/C17H23ClN4O2S/c1-11-8-23-5-3-21(11)7-13-10-25-15-14(13)19-17(18)20-16(15)22-4-6-24-9-12(22)2/h10-12H,3-9H2,1-2H3/t11-,12+/m0/s1. The second-order valence-corrected chi connectivity index (χ2v) is 7.98. The Morgan fingerprint density at radius 3 is 2.68 bits per heavy atom. The zero-order valence-electron chi connectivity index (χ0n) is 14.6. The average Bonchev–Trinajstić information content (AvgIpc) is 2.99. The largest absolute Gasteiger partial charge is 0.379 e. The highest BCUT2D eigenvalue weighted by Gasteiger charge is 2.26. The molecule has 0 amide bonds. The van der Waals surface area contributed by atoms with Crippen LogP contribution in [0.25, 0.3) is 10.2 Å². The molecule has 2 atom stereocenters. The smallest absolute Gasteiger partial charge is 0.224 e. The molecule has 0 bridgehead atoms. The van der Waals surface area contributed by atoms with Gasteiger partial charge in [0, 0.05) is 31.2 Å². The number of halogens is 1. The Morgan fingerprint density at radius 1 is 1.16 bits per heavy atom. The molecule has 0 spiro atoms. The predicted molar refractivity (Wildman–Crippen MR) is 101 cm³/mol. The van der Waals surface area contributed by atoms with Crippen molar-refractivity contribution in [2.45, 2.75) is 32.5 Å². The van der Waals surface area contributed by atoms with Gasteiger partial charge in [0.2, 0.25) is 5.28 Å². The lowest BCUT2D eigenvalue weighted by atomic mass is 10.2. The highest BCUT2D eigenvalue weighted by molar-refractivity contribution is 7.18. The first-order chi connectivity index (χ1) is 12.1. The van der Waals surface area contributed by atoms with Crippen LogP contribution in [0.1, 0.15) is 19.4 Å². The van der Waals surface area contributed by atoms with Crippen molar-refractivity contribution >= 4 is 39.0 Å². The summed E-state index contributed by atoms with van der Waals surface area (Å²) in [7, 11) is 0. The van der Waals surface area contributed by atoms with E-state index in [1.807, 2.05) is 0 Å². The fourth-order valence-corrected chi connectivity index (χ4v) is 4.66. The van der Waals surface area contributed by atoms with E-state index in [2.05, 4.69) is 39.0 Å². The Kier molecular flexibility index (Phi) is 5.11. The van der Waals surface area contributed by atoms with Crippen LogP contribution in [-0.4, -0.2) is 66.5 Å². The van der Waals surface area contributed by atoms with E-state index in [1.165, 1.54) is 5.56 Å². The number of rotatable bonds is 3. The van der Waals surface area contributed by atoms with E-state index >= 15 is 0 Å². The van der Waals surface area contributed by atoms with E-state index in [-0.39, 0.29) is 6.04 Å². The molecule has 8 heteroatoms. The van der Waals surface area contributed by atoms with Crippen LogP contribution in [0.2, 0.25) is 5.28 Å². The second kappa shape index (κ2) is 7.32. The number of nitrogens with zero attached hydrogens (tertiary/aromatic N) is 4. The third-order valence-corrected chi connectivity index (χ3v) is 6.14. The van der Waals surface area contributed by atoms with E-state index in [4.69, 9.17) is 21.1 Å². The summed E-state index contributed by atoms with van der Waals surface area (Å²) in [6.07, 6.45) is 0. The lowest BCUT2D eigenvalue weighted by molar-refractivity contribution is -0.00416. The normalized spacial score (nSPS) is 25.6. The van der Waals surface area contributed by atoms with Crippen LogP contribution in [0.3, 0.4) is 0 Å². The first kappa shape index (κ1) is 17.4. The van der Waals surface area contributed by atoms with Gasteiger partial charge in [-0.2, -0.15) is 4.98 Å². The quantitative estimate of drug-likeness (QED) is 0.761. The molecule has 136 valence electrons. The minimum Gasteiger partial charge on any atom is -0.379 e. The lowest BCUT2D eigenvalue weighted by Gasteiger charge is -2.34. The maximum absolute atomic E-state index is 6.28. The van der Waals surface area contributed by atoms with Crippen LogP contribution in [0.5, 0.6) is 0 Å². The first-order valence-electron chi connectivity index (χ1n) is 8.73. The molecule has 0 saturated carbocycles. The highest BCUT2D eigenvalue weighted by Crippen LogP contribution is 2.35. The maximum Gasteiger partial charge on any atom is 0.224 e.